The van der Waals surface area contributed by atoms with E-state index < -0.39 is 0 Å². The first-order valence-corrected chi connectivity index (χ1v) is 5.62. The number of aryl methyl sites for hydroxylation is 1. The molecule has 0 aliphatic rings. The highest BCUT2D eigenvalue weighted by Crippen LogP contribution is 2.03. The number of pyridine rings is 1. The van der Waals surface area contributed by atoms with Crippen LogP contribution in [0.5, 0.6) is 0 Å². The molecule has 1 heterocycles. The Labute approximate surface area is 92.4 Å². The van der Waals surface area contributed by atoms with Crippen LogP contribution in [-0.4, -0.2) is 18.1 Å². The van der Waals surface area contributed by atoms with Gasteiger partial charge in [-0.2, -0.15) is 0 Å². The maximum Gasteiger partial charge on any atom is 0.0340 e. The predicted molar refractivity (Wildman–Crippen MR) is 65.8 cm³/mol. The van der Waals surface area contributed by atoms with Gasteiger partial charge in [0, 0.05) is 12.4 Å². The van der Waals surface area contributed by atoms with Crippen molar-refractivity contribution in [1.29, 1.82) is 0 Å². The van der Waals surface area contributed by atoms with Gasteiger partial charge < -0.3 is 5.32 Å². The number of nitrogens with zero attached hydrogens (tertiary/aromatic N) is 1. The molecule has 0 unspecified atom stereocenters. The van der Waals surface area contributed by atoms with Crippen LogP contribution in [-0.2, 0) is 0 Å². The van der Waals surface area contributed by atoms with Crippen LogP contribution in [0.1, 0.15) is 30.9 Å². The zero-order chi connectivity index (χ0) is 10.9. The molecular weight excluding hydrogens is 184 g/mol. The quantitative estimate of drug-likeness (QED) is 0.721. The standard InChI is InChI=1S/C13H20N2/c1-3-7-14-8-5-4-6-13-9-12(2)10-15-11-13/h4,6,9-11,14H,3,5,7-8H2,1-2H3/b6-4+. The Balaban J connectivity index is 2.26. The number of hydrogen-bond donors (Lipinski definition) is 1. The zero-order valence-electron chi connectivity index (χ0n) is 9.66. The van der Waals surface area contributed by atoms with Crippen LogP contribution in [0.25, 0.3) is 6.08 Å². The van der Waals surface area contributed by atoms with Gasteiger partial charge in [0.05, 0.1) is 0 Å². The van der Waals surface area contributed by atoms with Gasteiger partial charge in [-0.25, -0.2) is 0 Å². The highest BCUT2D eigenvalue weighted by atomic mass is 14.8. The van der Waals surface area contributed by atoms with Crippen molar-refractivity contribution in [2.75, 3.05) is 13.1 Å². The Bertz CT molecular complexity index is 305. The molecule has 2 nitrogen and oxygen atoms in total. The molecule has 15 heavy (non-hydrogen) atoms. The first-order valence-electron chi connectivity index (χ1n) is 5.62. The molecule has 1 aromatic heterocycles. The fourth-order valence-electron chi connectivity index (χ4n) is 1.38. The van der Waals surface area contributed by atoms with Crippen molar-refractivity contribution in [2.45, 2.75) is 26.7 Å². The van der Waals surface area contributed by atoms with Crippen LogP contribution >= 0.6 is 0 Å². The SMILES string of the molecule is CCCNCC/C=C/c1cncc(C)c1. The van der Waals surface area contributed by atoms with Crippen LogP contribution in [0.3, 0.4) is 0 Å². The fourth-order valence-corrected chi connectivity index (χ4v) is 1.38. The van der Waals surface area contributed by atoms with Gasteiger partial charge in [0.2, 0.25) is 0 Å². The lowest BCUT2D eigenvalue weighted by atomic mass is 10.2. The molecule has 0 atom stereocenters. The van der Waals surface area contributed by atoms with Gasteiger partial charge in [0.15, 0.2) is 0 Å². The van der Waals surface area contributed by atoms with E-state index in [4.69, 9.17) is 0 Å². The number of nitrogens with one attached hydrogen (secondary N) is 1. The summed E-state index contributed by atoms with van der Waals surface area (Å²) in [5.74, 6) is 0. The topological polar surface area (TPSA) is 24.9 Å². The maximum atomic E-state index is 4.15. The van der Waals surface area contributed by atoms with Crippen molar-refractivity contribution in [3.05, 3.63) is 35.7 Å². The minimum atomic E-state index is 1.06. The fraction of sp³-hybridized carbons (Fsp3) is 0.462. The minimum absolute atomic E-state index is 1.06. The second-order valence-electron chi connectivity index (χ2n) is 3.74. The molecule has 0 saturated heterocycles. The van der Waals surface area contributed by atoms with Crippen molar-refractivity contribution < 1.29 is 0 Å². The molecule has 0 aliphatic carbocycles. The smallest absolute Gasteiger partial charge is 0.0340 e. The van der Waals surface area contributed by atoms with E-state index in [0.29, 0.717) is 0 Å². The summed E-state index contributed by atoms with van der Waals surface area (Å²) in [6.07, 6.45) is 10.4. The monoisotopic (exact) mass is 204 g/mol. The molecular formula is C13H20N2. The van der Waals surface area contributed by atoms with E-state index in [1.807, 2.05) is 12.4 Å². The summed E-state index contributed by atoms with van der Waals surface area (Å²) in [6, 6.07) is 2.14. The van der Waals surface area contributed by atoms with Gasteiger partial charge >= 0.3 is 0 Å². The van der Waals surface area contributed by atoms with Crippen molar-refractivity contribution in [2.24, 2.45) is 0 Å². The summed E-state index contributed by atoms with van der Waals surface area (Å²) in [5, 5.41) is 3.37. The van der Waals surface area contributed by atoms with Gasteiger partial charge in [0.25, 0.3) is 0 Å². The molecule has 0 fully saturated rings. The Morgan fingerprint density at radius 3 is 2.93 bits per heavy atom. The molecule has 1 N–H and O–H groups in total. The summed E-state index contributed by atoms with van der Waals surface area (Å²) in [6.45, 7) is 6.41. The van der Waals surface area contributed by atoms with E-state index >= 15 is 0 Å². The first-order chi connectivity index (χ1) is 7.33. The highest BCUT2D eigenvalue weighted by molar-refractivity contribution is 5.48. The molecule has 1 aromatic rings. The van der Waals surface area contributed by atoms with Crippen molar-refractivity contribution >= 4 is 6.08 Å². The maximum absolute atomic E-state index is 4.15. The molecule has 0 bridgehead atoms. The predicted octanol–water partition coefficient (Wildman–Crippen LogP) is 2.79. The van der Waals surface area contributed by atoms with Crippen molar-refractivity contribution in [1.82, 2.24) is 10.3 Å². The average Bonchev–Trinajstić information content (AvgIpc) is 2.23. The molecule has 2 heteroatoms. The van der Waals surface area contributed by atoms with E-state index in [-0.39, 0.29) is 0 Å². The van der Waals surface area contributed by atoms with Gasteiger partial charge in [-0.3, -0.25) is 4.98 Å². The summed E-state index contributed by atoms with van der Waals surface area (Å²) < 4.78 is 0. The summed E-state index contributed by atoms with van der Waals surface area (Å²) in [5.41, 5.74) is 2.40. The number of aromatic nitrogens is 1. The lowest BCUT2D eigenvalue weighted by Gasteiger charge is -1.98. The van der Waals surface area contributed by atoms with Crippen LogP contribution in [0.15, 0.2) is 24.5 Å². The van der Waals surface area contributed by atoms with Crippen molar-refractivity contribution in [3.8, 4) is 0 Å². The van der Waals surface area contributed by atoms with Crippen LogP contribution in [0, 0.1) is 6.92 Å². The minimum Gasteiger partial charge on any atom is -0.316 e. The number of hydrogen-bond acceptors (Lipinski definition) is 2. The molecule has 0 amide bonds. The molecule has 0 aromatic carbocycles. The van der Waals surface area contributed by atoms with Gasteiger partial charge in [-0.05, 0) is 50.0 Å². The Hall–Kier alpha value is -1.15. The van der Waals surface area contributed by atoms with E-state index in [9.17, 15) is 0 Å². The molecule has 0 spiro atoms. The molecule has 0 radical (unpaired) electrons. The Morgan fingerprint density at radius 2 is 2.20 bits per heavy atom. The van der Waals surface area contributed by atoms with E-state index in [1.165, 1.54) is 17.5 Å². The highest BCUT2D eigenvalue weighted by Gasteiger charge is 1.88. The van der Waals surface area contributed by atoms with Gasteiger partial charge in [-0.15, -0.1) is 0 Å². The third-order valence-electron chi connectivity index (χ3n) is 2.12. The second kappa shape index (κ2) is 7.18. The molecule has 82 valence electrons. The van der Waals surface area contributed by atoms with E-state index in [2.05, 4.69) is 42.4 Å². The van der Waals surface area contributed by atoms with Gasteiger partial charge in [0.1, 0.15) is 0 Å². The third kappa shape index (κ3) is 5.33. The molecule has 0 saturated carbocycles. The lowest BCUT2D eigenvalue weighted by molar-refractivity contribution is 0.679. The van der Waals surface area contributed by atoms with Crippen LogP contribution < -0.4 is 5.32 Å². The average molecular weight is 204 g/mol. The van der Waals surface area contributed by atoms with Crippen LogP contribution in [0.4, 0.5) is 0 Å². The largest absolute Gasteiger partial charge is 0.316 e. The third-order valence-corrected chi connectivity index (χ3v) is 2.12. The van der Waals surface area contributed by atoms with E-state index in [1.54, 1.807) is 0 Å². The van der Waals surface area contributed by atoms with Gasteiger partial charge in [-0.1, -0.05) is 19.1 Å². The summed E-state index contributed by atoms with van der Waals surface area (Å²) >= 11 is 0. The zero-order valence-corrected chi connectivity index (χ0v) is 9.66. The van der Waals surface area contributed by atoms with E-state index in [0.717, 1.165) is 19.5 Å². The second-order valence-corrected chi connectivity index (χ2v) is 3.74. The normalized spacial score (nSPS) is 11.1. The Kier molecular flexibility index (Phi) is 5.71. The molecule has 0 aliphatic heterocycles. The lowest BCUT2D eigenvalue weighted by Crippen LogP contribution is -2.14. The summed E-state index contributed by atoms with van der Waals surface area (Å²) in [7, 11) is 0. The molecule has 1 rings (SSSR count). The van der Waals surface area contributed by atoms with Crippen molar-refractivity contribution in [3.63, 3.8) is 0 Å². The summed E-state index contributed by atoms with van der Waals surface area (Å²) in [4.78, 5) is 4.15. The first kappa shape index (κ1) is 11.9. The number of rotatable bonds is 6. The van der Waals surface area contributed by atoms with Crippen LogP contribution in [0.2, 0.25) is 0 Å². The Morgan fingerprint density at radius 1 is 1.33 bits per heavy atom.